The first kappa shape index (κ1) is 14.5. The van der Waals surface area contributed by atoms with Crippen molar-refractivity contribution >= 4 is 0 Å². The van der Waals surface area contributed by atoms with Crippen LogP contribution in [-0.4, -0.2) is 35.6 Å². The molecule has 0 amide bonds. The minimum Gasteiger partial charge on any atom is -0.478 e. The van der Waals surface area contributed by atoms with Crippen LogP contribution < -0.4 is 10.1 Å². The van der Waals surface area contributed by atoms with E-state index < -0.39 is 5.54 Å². The van der Waals surface area contributed by atoms with E-state index in [1.807, 2.05) is 24.3 Å². The number of rotatable bonds is 7. The van der Waals surface area contributed by atoms with E-state index in [9.17, 15) is 10.2 Å². The molecular weight excluding hydrogens is 232 g/mol. The molecule has 0 aliphatic carbocycles. The van der Waals surface area contributed by atoms with Gasteiger partial charge >= 0.3 is 0 Å². The molecule has 0 aliphatic rings. The van der Waals surface area contributed by atoms with Crippen molar-refractivity contribution in [3.8, 4) is 11.8 Å². The first-order chi connectivity index (χ1) is 8.65. The Balaban J connectivity index is 2.69. The predicted octanol–water partition coefficient (Wildman–Crippen LogP) is 0.422. The fourth-order valence-electron chi connectivity index (χ4n) is 1.37. The van der Waals surface area contributed by atoms with E-state index in [1.54, 1.807) is 13.0 Å². The summed E-state index contributed by atoms with van der Waals surface area (Å²) in [6, 6.07) is 9.26. The number of aliphatic hydroxyl groups is 2. The molecule has 1 aromatic rings. The summed E-state index contributed by atoms with van der Waals surface area (Å²) in [4.78, 5) is 0. The predicted molar refractivity (Wildman–Crippen MR) is 67.0 cm³/mol. The Bertz CT molecular complexity index is 411. The summed E-state index contributed by atoms with van der Waals surface area (Å²) in [6.07, 6.45) is 0. The van der Waals surface area contributed by atoms with Gasteiger partial charge in [-0.2, -0.15) is 5.26 Å². The van der Waals surface area contributed by atoms with Gasteiger partial charge < -0.3 is 20.3 Å². The summed E-state index contributed by atoms with van der Waals surface area (Å²) in [5.74, 6) is 0.629. The molecular formula is C13H18N2O3. The Morgan fingerprint density at radius 2 is 2.00 bits per heavy atom. The lowest BCUT2D eigenvalue weighted by molar-refractivity contribution is 0.103. The number of hydrogen-bond donors (Lipinski definition) is 3. The number of benzene rings is 1. The molecule has 18 heavy (non-hydrogen) atoms. The highest BCUT2D eigenvalue weighted by atomic mass is 16.5. The van der Waals surface area contributed by atoms with E-state index >= 15 is 0 Å². The lowest BCUT2D eigenvalue weighted by Gasteiger charge is -2.26. The van der Waals surface area contributed by atoms with Crippen molar-refractivity contribution in [3.05, 3.63) is 29.8 Å². The molecule has 0 heterocycles. The average Bonchev–Trinajstić information content (AvgIpc) is 2.43. The molecule has 1 rings (SSSR count). The van der Waals surface area contributed by atoms with E-state index in [0.717, 1.165) is 5.56 Å². The van der Waals surface area contributed by atoms with Gasteiger partial charge in [-0.25, -0.2) is 0 Å². The van der Waals surface area contributed by atoms with E-state index in [-0.39, 0.29) is 19.8 Å². The van der Waals surface area contributed by atoms with Gasteiger partial charge in [0.2, 0.25) is 0 Å². The van der Waals surface area contributed by atoms with Crippen molar-refractivity contribution in [2.24, 2.45) is 0 Å². The molecule has 98 valence electrons. The minimum absolute atomic E-state index is 0.00567. The van der Waals surface area contributed by atoms with E-state index in [4.69, 9.17) is 10.00 Å². The maximum absolute atomic E-state index is 9.18. The lowest BCUT2D eigenvalue weighted by atomic mass is 10.0. The monoisotopic (exact) mass is 250 g/mol. The van der Waals surface area contributed by atoms with Crippen LogP contribution in [0.5, 0.6) is 5.75 Å². The number of para-hydroxylation sites is 1. The summed E-state index contributed by atoms with van der Waals surface area (Å²) in [7, 11) is 0. The largest absolute Gasteiger partial charge is 0.478 e. The Labute approximate surface area is 107 Å². The smallest absolute Gasteiger partial charge is 0.174 e. The van der Waals surface area contributed by atoms with Crippen LogP contribution in [-0.2, 0) is 6.54 Å². The quantitative estimate of drug-likeness (QED) is 0.653. The maximum atomic E-state index is 9.18. The van der Waals surface area contributed by atoms with E-state index in [1.165, 1.54) is 0 Å². The molecule has 5 nitrogen and oxygen atoms in total. The van der Waals surface area contributed by atoms with Crippen molar-refractivity contribution in [1.82, 2.24) is 5.32 Å². The molecule has 0 atom stereocenters. The first-order valence-electron chi connectivity index (χ1n) is 5.69. The topological polar surface area (TPSA) is 85.5 Å². The molecule has 1 aromatic carbocycles. The summed E-state index contributed by atoms with van der Waals surface area (Å²) in [6.45, 7) is 1.84. The summed E-state index contributed by atoms with van der Waals surface area (Å²) < 4.78 is 5.29. The number of nitrogens with one attached hydrogen (secondary N) is 1. The van der Waals surface area contributed by atoms with Crippen LogP contribution in [0.1, 0.15) is 12.5 Å². The Morgan fingerprint density at radius 1 is 1.33 bits per heavy atom. The van der Waals surface area contributed by atoms with Gasteiger partial charge in [-0.3, -0.25) is 0 Å². The molecule has 0 unspecified atom stereocenters. The third kappa shape index (κ3) is 4.00. The third-order valence-electron chi connectivity index (χ3n) is 2.67. The van der Waals surface area contributed by atoms with Gasteiger partial charge in [-0.05, 0) is 13.0 Å². The van der Waals surface area contributed by atoms with Crippen LogP contribution in [0.3, 0.4) is 0 Å². The fourth-order valence-corrected chi connectivity index (χ4v) is 1.37. The molecule has 0 aromatic heterocycles. The van der Waals surface area contributed by atoms with Gasteiger partial charge in [0.1, 0.15) is 11.8 Å². The fraction of sp³-hybridized carbons (Fsp3) is 0.462. The van der Waals surface area contributed by atoms with Crippen molar-refractivity contribution in [2.75, 3.05) is 19.8 Å². The highest BCUT2D eigenvalue weighted by Gasteiger charge is 2.21. The SMILES string of the molecule is CC(CO)(CO)NCc1ccccc1OCC#N. The van der Waals surface area contributed by atoms with Crippen LogP contribution in [0.4, 0.5) is 0 Å². The standard InChI is InChI=1S/C13H18N2O3/c1-13(9-16,10-17)15-8-11-4-2-3-5-12(11)18-7-6-14/h2-5,15-17H,7-10H2,1H3. The van der Waals surface area contributed by atoms with Gasteiger partial charge in [-0.15, -0.1) is 0 Å². The van der Waals surface area contributed by atoms with Crippen molar-refractivity contribution in [3.63, 3.8) is 0 Å². The molecule has 0 fully saturated rings. The highest BCUT2D eigenvalue weighted by Crippen LogP contribution is 2.18. The second-order valence-electron chi connectivity index (χ2n) is 4.28. The van der Waals surface area contributed by atoms with Gasteiger partial charge in [0.05, 0.1) is 18.8 Å². The molecule has 3 N–H and O–H groups in total. The van der Waals surface area contributed by atoms with Crippen LogP contribution in [0.2, 0.25) is 0 Å². The second-order valence-corrected chi connectivity index (χ2v) is 4.28. The van der Waals surface area contributed by atoms with Crippen LogP contribution >= 0.6 is 0 Å². The minimum atomic E-state index is -0.734. The molecule has 0 saturated carbocycles. The summed E-state index contributed by atoms with van der Waals surface area (Å²) >= 11 is 0. The number of ether oxygens (including phenoxy) is 1. The van der Waals surface area contributed by atoms with Gasteiger partial charge in [0, 0.05) is 12.1 Å². The van der Waals surface area contributed by atoms with Gasteiger partial charge in [0.15, 0.2) is 6.61 Å². The Kier molecular flexibility index (Phi) is 5.59. The molecule has 5 heteroatoms. The number of hydrogen-bond acceptors (Lipinski definition) is 5. The van der Waals surface area contributed by atoms with Crippen LogP contribution in [0, 0.1) is 11.3 Å². The van der Waals surface area contributed by atoms with Crippen molar-refractivity contribution < 1.29 is 14.9 Å². The third-order valence-corrected chi connectivity index (χ3v) is 2.67. The average molecular weight is 250 g/mol. The Hall–Kier alpha value is -1.61. The lowest BCUT2D eigenvalue weighted by Crippen LogP contribution is -2.48. The second kappa shape index (κ2) is 6.97. The highest BCUT2D eigenvalue weighted by molar-refractivity contribution is 5.33. The van der Waals surface area contributed by atoms with E-state index in [0.29, 0.717) is 12.3 Å². The number of aliphatic hydroxyl groups excluding tert-OH is 2. The van der Waals surface area contributed by atoms with Crippen LogP contribution in [0.25, 0.3) is 0 Å². The van der Waals surface area contributed by atoms with Crippen LogP contribution in [0.15, 0.2) is 24.3 Å². The normalized spacial score (nSPS) is 11.0. The molecule has 0 spiro atoms. The molecule has 0 aliphatic heterocycles. The summed E-state index contributed by atoms with van der Waals surface area (Å²) in [5.41, 5.74) is 0.142. The zero-order chi connectivity index (χ0) is 13.4. The van der Waals surface area contributed by atoms with Gasteiger partial charge in [0.25, 0.3) is 0 Å². The van der Waals surface area contributed by atoms with Crippen molar-refractivity contribution in [2.45, 2.75) is 19.0 Å². The van der Waals surface area contributed by atoms with E-state index in [2.05, 4.69) is 5.32 Å². The number of nitriles is 1. The van der Waals surface area contributed by atoms with Gasteiger partial charge in [-0.1, -0.05) is 18.2 Å². The molecule has 0 saturated heterocycles. The molecule has 0 bridgehead atoms. The Morgan fingerprint density at radius 3 is 2.61 bits per heavy atom. The zero-order valence-electron chi connectivity index (χ0n) is 10.4. The molecule has 0 radical (unpaired) electrons. The zero-order valence-corrected chi connectivity index (χ0v) is 10.4. The maximum Gasteiger partial charge on any atom is 0.174 e. The summed E-state index contributed by atoms with van der Waals surface area (Å²) in [5, 5.41) is 29.9. The first-order valence-corrected chi connectivity index (χ1v) is 5.69. The number of nitrogens with zero attached hydrogens (tertiary/aromatic N) is 1. The van der Waals surface area contributed by atoms with Crippen molar-refractivity contribution in [1.29, 1.82) is 5.26 Å².